The number of para-hydroxylation sites is 1. The van der Waals surface area contributed by atoms with E-state index in [4.69, 9.17) is 14.2 Å². The Balaban J connectivity index is 1.85. The molecule has 0 aliphatic heterocycles. The molecule has 0 heterocycles. The Morgan fingerprint density at radius 1 is 1.13 bits per heavy atom. The second kappa shape index (κ2) is 11.5. The van der Waals surface area contributed by atoms with Gasteiger partial charge in [0.2, 0.25) is 0 Å². The lowest BCUT2D eigenvalue weighted by Gasteiger charge is -2.20. The van der Waals surface area contributed by atoms with Crippen LogP contribution in [0.5, 0.6) is 11.5 Å². The van der Waals surface area contributed by atoms with Crippen molar-refractivity contribution < 1.29 is 19.0 Å². The summed E-state index contributed by atoms with van der Waals surface area (Å²) in [5, 5.41) is 9.18. The molecule has 8 heteroatoms. The summed E-state index contributed by atoms with van der Waals surface area (Å²) >= 11 is 0. The molecule has 0 bridgehead atoms. The molecule has 1 fully saturated rings. The number of hydrogen-bond acceptors (Lipinski definition) is 5. The van der Waals surface area contributed by atoms with Gasteiger partial charge in [-0.3, -0.25) is 4.99 Å². The van der Waals surface area contributed by atoms with Crippen LogP contribution in [-0.2, 0) is 11.3 Å². The van der Waals surface area contributed by atoms with Gasteiger partial charge in [0, 0.05) is 32.2 Å². The second-order valence-corrected chi connectivity index (χ2v) is 8.25. The van der Waals surface area contributed by atoms with E-state index in [1.165, 1.54) is 12.8 Å². The van der Waals surface area contributed by atoms with E-state index in [1.807, 2.05) is 39.0 Å². The number of nitrogens with zero attached hydrogens (tertiary/aromatic N) is 1. The molecule has 1 aromatic rings. The van der Waals surface area contributed by atoms with E-state index in [0.29, 0.717) is 25.6 Å². The Morgan fingerprint density at radius 2 is 1.83 bits per heavy atom. The predicted molar refractivity (Wildman–Crippen MR) is 118 cm³/mol. The number of nitrogens with one attached hydrogen (secondary N) is 3. The first-order valence-electron chi connectivity index (χ1n) is 10.6. The number of guanidine groups is 1. The quantitative estimate of drug-likeness (QED) is 0.340. The third-order valence-electron chi connectivity index (χ3n) is 4.62. The van der Waals surface area contributed by atoms with E-state index < -0.39 is 11.7 Å². The molecule has 3 N–H and O–H groups in total. The Labute approximate surface area is 179 Å². The molecule has 2 rings (SSSR count). The zero-order valence-electron chi connectivity index (χ0n) is 18.8. The van der Waals surface area contributed by atoms with Crippen LogP contribution in [0.4, 0.5) is 4.79 Å². The normalized spacial score (nSPS) is 14.9. The molecule has 0 spiro atoms. The number of ether oxygens (including phenoxy) is 3. The topological polar surface area (TPSA) is 93.2 Å². The van der Waals surface area contributed by atoms with Gasteiger partial charge in [0.1, 0.15) is 5.60 Å². The summed E-state index contributed by atoms with van der Waals surface area (Å²) in [4.78, 5) is 15.9. The van der Waals surface area contributed by atoms with Gasteiger partial charge in [0.05, 0.1) is 13.2 Å². The molecule has 1 aliphatic carbocycles. The second-order valence-electron chi connectivity index (χ2n) is 8.25. The zero-order valence-corrected chi connectivity index (χ0v) is 18.8. The summed E-state index contributed by atoms with van der Waals surface area (Å²) in [5.41, 5.74) is 0.500. The fourth-order valence-corrected chi connectivity index (χ4v) is 3.23. The van der Waals surface area contributed by atoms with Crippen molar-refractivity contribution in [3.8, 4) is 11.5 Å². The van der Waals surface area contributed by atoms with Gasteiger partial charge >= 0.3 is 6.09 Å². The highest BCUT2D eigenvalue weighted by molar-refractivity contribution is 5.79. The molecule has 1 aromatic carbocycles. The van der Waals surface area contributed by atoms with Crippen LogP contribution >= 0.6 is 0 Å². The molecular formula is C22H36N4O4. The molecule has 168 valence electrons. The Hall–Kier alpha value is -2.64. The van der Waals surface area contributed by atoms with Gasteiger partial charge in [-0.05, 0) is 52.5 Å². The standard InChI is InChI=1S/C22H36N4O4/c1-22(2,3)30-21(27)25-14-13-24-20(23-4)26-15-16-9-8-12-18(28-5)19(16)29-17-10-6-7-11-17/h8-9,12,17H,6-7,10-11,13-15H2,1-5H3,(H,25,27)(H2,23,24,26). The van der Waals surface area contributed by atoms with Crippen LogP contribution in [-0.4, -0.2) is 51.0 Å². The molecule has 8 nitrogen and oxygen atoms in total. The highest BCUT2D eigenvalue weighted by Gasteiger charge is 2.20. The molecule has 1 amide bonds. The molecule has 0 aromatic heterocycles. The number of aliphatic imine (C=N–C) groups is 1. The predicted octanol–water partition coefficient (Wildman–Crippen LogP) is 3.21. The van der Waals surface area contributed by atoms with E-state index in [0.717, 1.165) is 29.9 Å². The third-order valence-corrected chi connectivity index (χ3v) is 4.62. The van der Waals surface area contributed by atoms with Crippen molar-refractivity contribution in [2.45, 2.75) is 64.7 Å². The molecule has 0 atom stereocenters. The van der Waals surface area contributed by atoms with Crippen LogP contribution in [0.3, 0.4) is 0 Å². The van der Waals surface area contributed by atoms with Gasteiger partial charge in [-0.25, -0.2) is 4.79 Å². The number of amides is 1. The average Bonchev–Trinajstić information content (AvgIpc) is 3.20. The van der Waals surface area contributed by atoms with Crippen molar-refractivity contribution in [3.05, 3.63) is 23.8 Å². The minimum Gasteiger partial charge on any atom is -0.493 e. The lowest BCUT2D eigenvalue weighted by atomic mass is 10.1. The fraction of sp³-hybridized carbons (Fsp3) is 0.636. The van der Waals surface area contributed by atoms with Gasteiger partial charge in [-0.1, -0.05) is 12.1 Å². The number of hydrogen-bond donors (Lipinski definition) is 3. The van der Waals surface area contributed by atoms with E-state index in [2.05, 4.69) is 20.9 Å². The first-order chi connectivity index (χ1) is 14.3. The van der Waals surface area contributed by atoms with E-state index in [-0.39, 0.29) is 6.10 Å². The summed E-state index contributed by atoms with van der Waals surface area (Å²) in [7, 11) is 3.37. The van der Waals surface area contributed by atoms with Crippen LogP contribution in [0, 0.1) is 0 Å². The summed E-state index contributed by atoms with van der Waals surface area (Å²) in [6, 6.07) is 5.90. The molecule has 0 unspecified atom stereocenters. The van der Waals surface area contributed by atoms with E-state index >= 15 is 0 Å². The van der Waals surface area contributed by atoms with Crippen molar-refractivity contribution in [3.63, 3.8) is 0 Å². The van der Waals surface area contributed by atoms with E-state index in [9.17, 15) is 4.79 Å². The van der Waals surface area contributed by atoms with Crippen LogP contribution < -0.4 is 25.4 Å². The minimum atomic E-state index is -0.510. The molecular weight excluding hydrogens is 384 g/mol. The van der Waals surface area contributed by atoms with Crippen molar-refractivity contribution >= 4 is 12.1 Å². The summed E-state index contributed by atoms with van der Waals surface area (Å²) in [6.45, 7) is 6.98. The highest BCUT2D eigenvalue weighted by Crippen LogP contribution is 2.34. The summed E-state index contributed by atoms with van der Waals surface area (Å²) < 4.78 is 17.0. The van der Waals surface area contributed by atoms with Gasteiger partial charge < -0.3 is 30.2 Å². The fourth-order valence-electron chi connectivity index (χ4n) is 3.23. The SMILES string of the molecule is CN=C(NCCNC(=O)OC(C)(C)C)NCc1cccc(OC)c1OC1CCCC1. The Bertz CT molecular complexity index is 710. The zero-order chi connectivity index (χ0) is 22.0. The lowest BCUT2D eigenvalue weighted by molar-refractivity contribution is 0.0529. The Kier molecular flexibility index (Phi) is 9.08. The third kappa shape index (κ3) is 8.00. The van der Waals surface area contributed by atoms with Gasteiger partial charge in [0.15, 0.2) is 17.5 Å². The first-order valence-corrected chi connectivity index (χ1v) is 10.6. The molecule has 0 radical (unpaired) electrons. The number of rotatable bonds is 8. The van der Waals surface area contributed by atoms with Crippen LogP contribution in [0.2, 0.25) is 0 Å². The summed E-state index contributed by atoms with van der Waals surface area (Å²) in [5.74, 6) is 2.17. The molecule has 30 heavy (non-hydrogen) atoms. The number of carbonyl (C=O) groups is 1. The number of alkyl carbamates (subject to hydrolysis) is 1. The maximum Gasteiger partial charge on any atom is 0.407 e. The number of methoxy groups -OCH3 is 1. The van der Waals surface area contributed by atoms with E-state index in [1.54, 1.807) is 14.2 Å². The number of carbonyl (C=O) groups excluding carboxylic acids is 1. The molecule has 1 saturated carbocycles. The van der Waals surface area contributed by atoms with Crippen LogP contribution in [0.1, 0.15) is 52.0 Å². The maximum absolute atomic E-state index is 11.7. The first kappa shape index (κ1) is 23.6. The monoisotopic (exact) mass is 420 g/mol. The van der Waals surface area contributed by atoms with Crippen LogP contribution in [0.25, 0.3) is 0 Å². The lowest BCUT2D eigenvalue weighted by Crippen LogP contribution is -2.42. The summed E-state index contributed by atoms with van der Waals surface area (Å²) in [6.07, 6.45) is 4.40. The van der Waals surface area contributed by atoms with Crippen molar-refractivity contribution in [2.24, 2.45) is 4.99 Å². The smallest absolute Gasteiger partial charge is 0.407 e. The molecule has 1 aliphatic rings. The van der Waals surface area contributed by atoms with Crippen molar-refractivity contribution in [2.75, 3.05) is 27.2 Å². The van der Waals surface area contributed by atoms with Crippen molar-refractivity contribution in [1.29, 1.82) is 0 Å². The largest absolute Gasteiger partial charge is 0.493 e. The minimum absolute atomic E-state index is 0.247. The maximum atomic E-state index is 11.7. The van der Waals surface area contributed by atoms with Crippen LogP contribution in [0.15, 0.2) is 23.2 Å². The highest BCUT2D eigenvalue weighted by atomic mass is 16.6. The number of benzene rings is 1. The Morgan fingerprint density at radius 3 is 2.47 bits per heavy atom. The molecule has 0 saturated heterocycles. The van der Waals surface area contributed by atoms with Gasteiger partial charge in [-0.15, -0.1) is 0 Å². The average molecular weight is 421 g/mol. The van der Waals surface area contributed by atoms with Gasteiger partial charge in [0.25, 0.3) is 0 Å². The van der Waals surface area contributed by atoms with Gasteiger partial charge in [-0.2, -0.15) is 0 Å². The van der Waals surface area contributed by atoms with Crippen molar-refractivity contribution in [1.82, 2.24) is 16.0 Å².